The minimum Gasteiger partial charge on any atom is -0.455 e. The second kappa shape index (κ2) is 7.96. The van der Waals surface area contributed by atoms with Gasteiger partial charge in [0.15, 0.2) is 6.61 Å². The van der Waals surface area contributed by atoms with Crippen LogP contribution < -0.4 is 5.32 Å². The SMILES string of the molecule is O=C(COC(=O)Cc1ccccc1Cl)Nc1ccc(Br)cc1. The van der Waals surface area contributed by atoms with Crippen LogP contribution in [0.5, 0.6) is 0 Å². The monoisotopic (exact) mass is 381 g/mol. The molecule has 4 nitrogen and oxygen atoms in total. The summed E-state index contributed by atoms with van der Waals surface area (Å²) in [7, 11) is 0. The molecule has 0 unspecified atom stereocenters. The van der Waals surface area contributed by atoms with E-state index in [1.807, 2.05) is 0 Å². The van der Waals surface area contributed by atoms with Crippen LogP contribution >= 0.6 is 27.5 Å². The lowest BCUT2D eigenvalue weighted by Crippen LogP contribution is -2.21. The summed E-state index contributed by atoms with van der Waals surface area (Å²) in [6, 6.07) is 14.1. The number of ether oxygens (including phenoxy) is 1. The van der Waals surface area contributed by atoms with Crippen LogP contribution in [-0.4, -0.2) is 18.5 Å². The standard InChI is InChI=1S/C16H13BrClNO3/c17-12-5-7-13(8-6-12)19-15(20)10-22-16(21)9-11-3-1-2-4-14(11)18/h1-8H,9-10H2,(H,19,20). The topological polar surface area (TPSA) is 55.4 Å². The van der Waals surface area contributed by atoms with E-state index in [1.54, 1.807) is 48.5 Å². The number of halogens is 2. The third kappa shape index (κ3) is 5.16. The molecule has 0 spiro atoms. The summed E-state index contributed by atoms with van der Waals surface area (Å²) < 4.78 is 5.85. The number of nitrogens with one attached hydrogen (secondary N) is 1. The van der Waals surface area contributed by atoms with Crippen LogP contribution in [0.4, 0.5) is 5.69 Å². The first kappa shape index (κ1) is 16.5. The molecule has 0 atom stereocenters. The van der Waals surface area contributed by atoms with Crippen LogP contribution in [0.15, 0.2) is 53.0 Å². The van der Waals surface area contributed by atoms with E-state index in [4.69, 9.17) is 16.3 Å². The molecule has 0 aliphatic carbocycles. The first-order valence-electron chi connectivity index (χ1n) is 6.49. The molecule has 0 radical (unpaired) electrons. The van der Waals surface area contributed by atoms with E-state index in [0.29, 0.717) is 16.3 Å². The van der Waals surface area contributed by atoms with E-state index in [0.717, 1.165) is 4.47 Å². The molecule has 2 rings (SSSR count). The molecule has 0 fully saturated rings. The van der Waals surface area contributed by atoms with Crippen molar-refractivity contribution in [1.29, 1.82) is 0 Å². The van der Waals surface area contributed by atoms with E-state index in [-0.39, 0.29) is 13.0 Å². The summed E-state index contributed by atoms with van der Waals surface area (Å²) in [4.78, 5) is 23.4. The minimum absolute atomic E-state index is 0.0330. The molecule has 0 heterocycles. The Morgan fingerprint density at radius 2 is 1.77 bits per heavy atom. The average molecular weight is 383 g/mol. The van der Waals surface area contributed by atoms with E-state index < -0.39 is 11.9 Å². The number of hydrogen-bond acceptors (Lipinski definition) is 3. The van der Waals surface area contributed by atoms with Gasteiger partial charge in [0.05, 0.1) is 6.42 Å². The lowest BCUT2D eigenvalue weighted by Gasteiger charge is -2.07. The predicted octanol–water partition coefficient (Wildman–Crippen LogP) is 3.83. The van der Waals surface area contributed by atoms with E-state index in [1.165, 1.54) is 0 Å². The molecule has 1 amide bonds. The number of carbonyl (C=O) groups is 2. The maximum atomic E-state index is 11.7. The van der Waals surface area contributed by atoms with Crippen LogP contribution in [-0.2, 0) is 20.7 Å². The number of amides is 1. The van der Waals surface area contributed by atoms with Gasteiger partial charge in [0, 0.05) is 15.2 Å². The molecule has 0 aromatic heterocycles. The first-order valence-corrected chi connectivity index (χ1v) is 7.66. The Labute approximate surface area is 141 Å². The van der Waals surface area contributed by atoms with Crippen molar-refractivity contribution in [3.63, 3.8) is 0 Å². The second-order valence-electron chi connectivity index (χ2n) is 4.48. The fourth-order valence-corrected chi connectivity index (χ4v) is 2.19. The lowest BCUT2D eigenvalue weighted by molar-refractivity contribution is -0.146. The highest BCUT2D eigenvalue weighted by Gasteiger charge is 2.10. The molecular formula is C16H13BrClNO3. The molecule has 22 heavy (non-hydrogen) atoms. The lowest BCUT2D eigenvalue weighted by atomic mass is 10.1. The van der Waals surface area contributed by atoms with Crippen molar-refractivity contribution in [2.24, 2.45) is 0 Å². The second-order valence-corrected chi connectivity index (χ2v) is 5.81. The van der Waals surface area contributed by atoms with Gasteiger partial charge in [-0.1, -0.05) is 45.7 Å². The molecule has 0 saturated heterocycles. The molecule has 0 saturated carbocycles. The third-order valence-corrected chi connectivity index (χ3v) is 3.68. The normalized spacial score (nSPS) is 10.1. The van der Waals surface area contributed by atoms with Crippen molar-refractivity contribution in [1.82, 2.24) is 0 Å². The van der Waals surface area contributed by atoms with Gasteiger partial charge in [-0.25, -0.2) is 0 Å². The van der Waals surface area contributed by atoms with Crippen molar-refractivity contribution < 1.29 is 14.3 Å². The van der Waals surface area contributed by atoms with Gasteiger partial charge in [-0.15, -0.1) is 0 Å². The van der Waals surface area contributed by atoms with Gasteiger partial charge in [-0.2, -0.15) is 0 Å². The third-order valence-electron chi connectivity index (χ3n) is 2.78. The number of anilines is 1. The van der Waals surface area contributed by atoms with E-state index in [9.17, 15) is 9.59 Å². The Hall–Kier alpha value is -1.85. The van der Waals surface area contributed by atoms with Crippen molar-refractivity contribution >= 4 is 45.1 Å². The van der Waals surface area contributed by atoms with Crippen LogP contribution in [0, 0.1) is 0 Å². The molecular weight excluding hydrogens is 370 g/mol. The smallest absolute Gasteiger partial charge is 0.310 e. The number of carbonyl (C=O) groups excluding carboxylic acids is 2. The molecule has 0 aliphatic rings. The summed E-state index contributed by atoms with van der Waals surface area (Å²) in [6.45, 7) is -0.334. The summed E-state index contributed by atoms with van der Waals surface area (Å²) >= 11 is 9.27. The predicted molar refractivity (Wildman–Crippen MR) is 88.9 cm³/mol. The number of rotatable bonds is 5. The van der Waals surface area contributed by atoms with E-state index in [2.05, 4.69) is 21.2 Å². The highest BCUT2D eigenvalue weighted by molar-refractivity contribution is 9.10. The number of benzene rings is 2. The Kier molecular flexibility index (Phi) is 5.98. The molecule has 2 aromatic rings. The summed E-state index contributed by atoms with van der Waals surface area (Å²) in [5.74, 6) is -0.895. The quantitative estimate of drug-likeness (QED) is 0.800. The summed E-state index contributed by atoms with van der Waals surface area (Å²) in [5.41, 5.74) is 1.30. The van der Waals surface area contributed by atoms with Crippen LogP contribution in [0.1, 0.15) is 5.56 Å². The van der Waals surface area contributed by atoms with E-state index >= 15 is 0 Å². The maximum Gasteiger partial charge on any atom is 0.310 e. The Morgan fingerprint density at radius 3 is 2.45 bits per heavy atom. The number of esters is 1. The van der Waals surface area contributed by atoms with Gasteiger partial charge in [0.25, 0.3) is 5.91 Å². The maximum absolute atomic E-state index is 11.7. The molecule has 2 aromatic carbocycles. The van der Waals surface area contributed by atoms with Gasteiger partial charge in [0.1, 0.15) is 0 Å². The summed E-state index contributed by atoms with van der Waals surface area (Å²) in [5, 5.41) is 3.14. The van der Waals surface area contributed by atoms with Crippen molar-refractivity contribution in [3.8, 4) is 0 Å². The molecule has 1 N–H and O–H groups in total. The van der Waals surface area contributed by atoms with Gasteiger partial charge >= 0.3 is 5.97 Å². The Balaban J connectivity index is 1.79. The van der Waals surface area contributed by atoms with Crippen molar-refractivity contribution in [2.45, 2.75) is 6.42 Å². The fourth-order valence-electron chi connectivity index (χ4n) is 1.72. The van der Waals surface area contributed by atoms with Gasteiger partial charge < -0.3 is 10.1 Å². The zero-order valence-corrected chi connectivity index (χ0v) is 13.9. The Morgan fingerprint density at radius 1 is 1.09 bits per heavy atom. The van der Waals surface area contributed by atoms with Crippen LogP contribution in [0.3, 0.4) is 0 Å². The Bertz CT molecular complexity index is 673. The molecule has 0 bridgehead atoms. The van der Waals surface area contributed by atoms with Crippen molar-refractivity contribution in [2.75, 3.05) is 11.9 Å². The molecule has 114 valence electrons. The van der Waals surface area contributed by atoms with Gasteiger partial charge in [0.2, 0.25) is 0 Å². The van der Waals surface area contributed by atoms with Crippen molar-refractivity contribution in [3.05, 3.63) is 63.6 Å². The largest absolute Gasteiger partial charge is 0.455 e. The van der Waals surface area contributed by atoms with Gasteiger partial charge in [-0.05, 0) is 35.9 Å². The van der Waals surface area contributed by atoms with Gasteiger partial charge in [-0.3, -0.25) is 9.59 Å². The zero-order chi connectivity index (χ0) is 15.9. The molecule has 6 heteroatoms. The first-order chi connectivity index (χ1) is 10.5. The molecule has 0 aliphatic heterocycles. The van der Waals surface area contributed by atoms with Crippen LogP contribution in [0.25, 0.3) is 0 Å². The summed E-state index contributed by atoms with van der Waals surface area (Å²) in [6.07, 6.45) is 0.0330. The zero-order valence-electron chi connectivity index (χ0n) is 11.5. The minimum atomic E-state index is -0.501. The average Bonchev–Trinajstić information content (AvgIpc) is 2.50. The fraction of sp³-hybridized carbons (Fsp3) is 0.125. The highest BCUT2D eigenvalue weighted by atomic mass is 79.9. The van der Waals surface area contributed by atoms with Crippen LogP contribution in [0.2, 0.25) is 5.02 Å². The number of hydrogen-bond donors (Lipinski definition) is 1. The highest BCUT2D eigenvalue weighted by Crippen LogP contribution is 2.16.